The number of nitrogens with one attached hydrogen (secondary N) is 1. The summed E-state index contributed by atoms with van der Waals surface area (Å²) in [6.45, 7) is 2.27. The van der Waals surface area contributed by atoms with Crippen LogP contribution in [0.3, 0.4) is 0 Å². The van der Waals surface area contributed by atoms with Gasteiger partial charge in [-0.25, -0.2) is 4.39 Å². The zero-order valence-corrected chi connectivity index (χ0v) is 17.7. The van der Waals surface area contributed by atoms with Crippen molar-refractivity contribution in [2.45, 2.75) is 20.1 Å². The molecule has 0 spiro atoms. The van der Waals surface area contributed by atoms with Gasteiger partial charge in [-0.05, 0) is 37.3 Å². The molecule has 2 aromatic heterocycles. The maximum atomic E-state index is 13.9. The van der Waals surface area contributed by atoms with E-state index in [-0.39, 0.29) is 24.7 Å². The third-order valence-electron chi connectivity index (χ3n) is 4.81. The smallest absolute Gasteiger partial charge is 0.292 e. The van der Waals surface area contributed by atoms with Crippen LogP contribution in [0.25, 0.3) is 0 Å². The van der Waals surface area contributed by atoms with Gasteiger partial charge in [-0.2, -0.15) is 5.10 Å². The second kappa shape index (κ2) is 9.38. The van der Waals surface area contributed by atoms with Crippen molar-refractivity contribution in [3.05, 3.63) is 95.3 Å². The minimum absolute atomic E-state index is 0.135. The molecule has 4 rings (SSSR count). The third kappa shape index (κ3) is 4.97. The van der Waals surface area contributed by atoms with Gasteiger partial charge >= 0.3 is 0 Å². The SMILES string of the molecule is COc1cccc(OCc2ccc(C(=O)Nc3cc(C)n(Cc4ccccc4F)n3)o2)c1. The lowest BCUT2D eigenvalue weighted by Crippen LogP contribution is -2.12. The van der Waals surface area contributed by atoms with E-state index in [1.54, 1.807) is 60.3 Å². The molecule has 0 fully saturated rings. The molecule has 8 heteroatoms. The van der Waals surface area contributed by atoms with E-state index in [0.29, 0.717) is 28.6 Å². The lowest BCUT2D eigenvalue weighted by molar-refractivity contribution is 0.0992. The molecule has 2 aromatic carbocycles. The Labute approximate surface area is 184 Å². The number of halogens is 1. The van der Waals surface area contributed by atoms with Crippen LogP contribution < -0.4 is 14.8 Å². The lowest BCUT2D eigenvalue weighted by Gasteiger charge is -2.06. The van der Waals surface area contributed by atoms with E-state index < -0.39 is 5.91 Å². The molecule has 0 bridgehead atoms. The summed E-state index contributed by atoms with van der Waals surface area (Å²) in [6.07, 6.45) is 0. The number of hydrogen-bond acceptors (Lipinski definition) is 5. The molecule has 0 saturated carbocycles. The van der Waals surface area contributed by atoms with Gasteiger partial charge in [0.05, 0.1) is 13.7 Å². The number of nitrogens with zero attached hydrogens (tertiary/aromatic N) is 2. The quantitative estimate of drug-likeness (QED) is 0.430. The van der Waals surface area contributed by atoms with Crippen molar-refractivity contribution in [3.8, 4) is 11.5 Å². The Morgan fingerprint density at radius 2 is 1.91 bits per heavy atom. The monoisotopic (exact) mass is 435 g/mol. The van der Waals surface area contributed by atoms with Crippen molar-refractivity contribution in [1.29, 1.82) is 0 Å². The average molecular weight is 435 g/mol. The Hall–Kier alpha value is -4.07. The Bertz CT molecular complexity index is 1230. The number of carbonyl (C=O) groups is 1. The van der Waals surface area contributed by atoms with Crippen molar-refractivity contribution >= 4 is 11.7 Å². The van der Waals surface area contributed by atoms with Crippen LogP contribution in [-0.4, -0.2) is 22.8 Å². The van der Waals surface area contributed by atoms with E-state index >= 15 is 0 Å². The number of carbonyl (C=O) groups excluding carboxylic acids is 1. The summed E-state index contributed by atoms with van der Waals surface area (Å²) < 4.78 is 32.0. The normalized spacial score (nSPS) is 10.7. The molecule has 0 aliphatic carbocycles. The summed E-state index contributed by atoms with van der Waals surface area (Å²) in [6, 6.07) is 18.7. The summed E-state index contributed by atoms with van der Waals surface area (Å²) in [4.78, 5) is 12.5. The Morgan fingerprint density at radius 3 is 2.72 bits per heavy atom. The number of amides is 1. The minimum Gasteiger partial charge on any atom is -0.497 e. The highest BCUT2D eigenvalue weighted by Gasteiger charge is 2.15. The number of rotatable bonds is 8. The molecule has 164 valence electrons. The molecule has 0 aliphatic rings. The average Bonchev–Trinajstić information content (AvgIpc) is 3.41. The molecule has 0 atom stereocenters. The van der Waals surface area contributed by atoms with Gasteiger partial charge in [0, 0.05) is 23.4 Å². The van der Waals surface area contributed by atoms with E-state index in [4.69, 9.17) is 13.9 Å². The first-order valence-electron chi connectivity index (χ1n) is 9.96. The number of ether oxygens (including phenoxy) is 2. The molecule has 1 N–H and O–H groups in total. The van der Waals surface area contributed by atoms with Crippen molar-refractivity contribution < 1.29 is 23.1 Å². The predicted octanol–water partition coefficient (Wildman–Crippen LogP) is 4.81. The highest BCUT2D eigenvalue weighted by atomic mass is 19.1. The fourth-order valence-electron chi connectivity index (χ4n) is 3.12. The highest BCUT2D eigenvalue weighted by molar-refractivity contribution is 6.01. The van der Waals surface area contributed by atoms with Crippen LogP contribution in [0.1, 0.15) is 27.6 Å². The van der Waals surface area contributed by atoms with Crippen LogP contribution in [-0.2, 0) is 13.2 Å². The van der Waals surface area contributed by atoms with Crippen LogP contribution in [0.4, 0.5) is 10.2 Å². The molecule has 4 aromatic rings. The van der Waals surface area contributed by atoms with Crippen LogP contribution >= 0.6 is 0 Å². The molecular weight excluding hydrogens is 413 g/mol. The van der Waals surface area contributed by atoms with E-state index in [1.807, 2.05) is 19.1 Å². The maximum Gasteiger partial charge on any atom is 0.292 e. The third-order valence-corrected chi connectivity index (χ3v) is 4.81. The summed E-state index contributed by atoms with van der Waals surface area (Å²) in [5, 5.41) is 7.06. The maximum absolute atomic E-state index is 13.9. The molecule has 2 heterocycles. The standard InChI is InChI=1S/C24H22FN3O4/c1-16-12-23(27-28(16)14-17-6-3-4-9-21(17)25)26-24(29)22-11-10-20(32-22)15-31-19-8-5-7-18(13-19)30-2/h3-13H,14-15H2,1-2H3,(H,26,27,29). The number of furan rings is 1. The lowest BCUT2D eigenvalue weighted by atomic mass is 10.2. The van der Waals surface area contributed by atoms with Gasteiger partial charge in [0.15, 0.2) is 11.6 Å². The minimum atomic E-state index is -0.437. The van der Waals surface area contributed by atoms with Crippen molar-refractivity contribution in [2.75, 3.05) is 12.4 Å². The molecule has 32 heavy (non-hydrogen) atoms. The van der Waals surface area contributed by atoms with Crippen LogP contribution in [0.2, 0.25) is 0 Å². The fraction of sp³-hybridized carbons (Fsp3) is 0.167. The molecule has 0 radical (unpaired) electrons. The number of aromatic nitrogens is 2. The molecular formula is C24H22FN3O4. The molecule has 7 nitrogen and oxygen atoms in total. The van der Waals surface area contributed by atoms with Crippen molar-refractivity contribution in [3.63, 3.8) is 0 Å². The van der Waals surface area contributed by atoms with Gasteiger partial charge < -0.3 is 19.2 Å². The first-order valence-corrected chi connectivity index (χ1v) is 9.96. The van der Waals surface area contributed by atoms with Gasteiger partial charge in [0.1, 0.15) is 29.7 Å². The summed E-state index contributed by atoms with van der Waals surface area (Å²) in [5.41, 5.74) is 1.30. The van der Waals surface area contributed by atoms with Gasteiger partial charge in [-0.15, -0.1) is 0 Å². The topological polar surface area (TPSA) is 78.5 Å². The number of hydrogen-bond donors (Lipinski definition) is 1. The Balaban J connectivity index is 1.37. The van der Waals surface area contributed by atoms with Crippen molar-refractivity contribution in [2.24, 2.45) is 0 Å². The summed E-state index contributed by atoms with van der Waals surface area (Å²) in [7, 11) is 1.58. The zero-order chi connectivity index (χ0) is 22.5. The number of anilines is 1. The molecule has 0 saturated heterocycles. The first kappa shape index (κ1) is 21.2. The van der Waals surface area contributed by atoms with E-state index in [0.717, 1.165) is 5.69 Å². The van der Waals surface area contributed by atoms with E-state index in [2.05, 4.69) is 10.4 Å². The first-order chi connectivity index (χ1) is 15.5. The van der Waals surface area contributed by atoms with E-state index in [9.17, 15) is 9.18 Å². The number of aryl methyl sites for hydroxylation is 1. The van der Waals surface area contributed by atoms with Crippen LogP contribution in [0.15, 0.2) is 71.1 Å². The second-order valence-electron chi connectivity index (χ2n) is 7.11. The van der Waals surface area contributed by atoms with Gasteiger partial charge in [-0.3, -0.25) is 9.48 Å². The van der Waals surface area contributed by atoms with Crippen LogP contribution in [0, 0.1) is 12.7 Å². The zero-order valence-electron chi connectivity index (χ0n) is 17.7. The van der Waals surface area contributed by atoms with Gasteiger partial charge in [-0.1, -0.05) is 24.3 Å². The van der Waals surface area contributed by atoms with E-state index in [1.165, 1.54) is 6.07 Å². The van der Waals surface area contributed by atoms with Crippen LogP contribution in [0.5, 0.6) is 11.5 Å². The molecule has 1 amide bonds. The summed E-state index contributed by atoms with van der Waals surface area (Å²) in [5.74, 6) is 1.57. The fourth-order valence-corrected chi connectivity index (χ4v) is 3.12. The second-order valence-corrected chi connectivity index (χ2v) is 7.11. The molecule has 0 unspecified atom stereocenters. The predicted molar refractivity (Wildman–Crippen MR) is 116 cm³/mol. The van der Waals surface area contributed by atoms with Gasteiger partial charge in [0.25, 0.3) is 5.91 Å². The summed E-state index contributed by atoms with van der Waals surface area (Å²) >= 11 is 0. The largest absolute Gasteiger partial charge is 0.497 e. The van der Waals surface area contributed by atoms with Gasteiger partial charge in [0.2, 0.25) is 0 Å². The number of benzene rings is 2. The molecule has 0 aliphatic heterocycles. The Kier molecular flexibility index (Phi) is 6.21. The highest BCUT2D eigenvalue weighted by Crippen LogP contribution is 2.21. The number of methoxy groups -OCH3 is 1. The Morgan fingerprint density at radius 1 is 1.09 bits per heavy atom. The van der Waals surface area contributed by atoms with Crippen molar-refractivity contribution in [1.82, 2.24) is 9.78 Å².